The fraction of sp³-hybridized carbons (Fsp3) is 0.292. The van der Waals surface area contributed by atoms with Gasteiger partial charge < -0.3 is 20.7 Å². The van der Waals surface area contributed by atoms with E-state index in [1.165, 1.54) is 6.08 Å². The monoisotopic (exact) mass is 459 g/mol. The Balaban J connectivity index is 1.72. The molecule has 1 aliphatic heterocycles. The second-order valence-electron chi connectivity index (χ2n) is 7.83. The molecule has 174 valence electrons. The molecule has 10 nitrogen and oxygen atoms in total. The highest BCUT2D eigenvalue weighted by atomic mass is 16.5. The minimum atomic E-state index is -0.644. The van der Waals surface area contributed by atoms with Crippen molar-refractivity contribution in [3.63, 3.8) is 0 Å². The largest absolute Gasteiger partial charge is 0.383 e. The summed E-state index contributed by atoms with van der Waals surface area (Å²) in [5.74, 6) is 5.65. The second-order valence-corrected chi connectivity index (χ2v) is 7.83. The summed E-state index contributed by atoms with van der Waals surface area (Å²) in [6, 6.07) is 5.14. The number of likely N-dealkylation sites (tertiary alicyclic amines) is 1. The van der Waals surface area contributed by atoms with Crippen LogP contribution in [0.4, 0.5) is 5.82 Å². The van der Waals surface area contributed by atoms with Crippen LogP contribution in [-0.4, -0.2) is 69.8 Å². The summed E-state index contributed by atoms with van der Waals surface area (Å²) in [5.41, 5.74) is 8.34. The minimum Gasteiger partial charge on any atom is -0.383 e. The maximum Gasteiger partial charge on any atom is 0.255 e. The number of carbonyl (C=O) groups is 2. The molecular formula is C24H25N7O3. The van der Waals surface area contributed by atoms with Crippen molar-refractivity contribution in [3.8, 4) is 11.8 Å². The summed E-state index contributed by atoms with van der Waals surface area (Å²) in [7, 11) is 3.28. The maximum absolute atomic E-state index is 12.4. The average molecular weight is 460 g/mol. The van der Waals surface area contributed by atoms with Crippen molar-refractivity contribution < 1.29 is 14.3 Å². The number of hydrogen-bond donors (Lipinski definition) is 2. The van der Waals surface area contributed by atoms with E-state index in [0.29, 0.717) is 36.5 Å². The Bertz CT molecular complexity index is 1320. The van der Waals surface area contributed by atoms with Crippen molar-refractivity contribution >= 4 is 28.7 Å². The van der Waals surface area contributed by atoms with E-state index in [9.17, 15) is 9.59 Å². The number of anilines is 1. The first-order valence-electron chi connectivity index (χ1n) is 10.7. The lowest BCUT2D eigenvalue weighted by molar-refractivity contribution is -0.127. The van der Waals surface area contributed by atoms with Crippen molar-refractivity contribution in [1.82, 2.24) is 24.6 Å². The lowest BCUT2D eigenvalue weighted by Gasteiger charge is -2.22. The number of methoxy groups -OCH3 is 1. The third-order valence-electron chi connectivity index (χ3n) is 5.74. The Kier molecular flexibility index (Phi) is 6.56. The molecule has 0 saturated carbocycles. The van der Waals surface area contributed by atoms with Crippen LogP contribution < -0.4 is 11.1 Å². The summed E-state index contributed by atoms with van der Waals surface area (Å²) in [6.07, 6.45) is 5.12. The van der Waals surface area contributed by atoms with Crippen LogP contribution in [0.3, 0.4) is 0 Å². The zero-order valence-corrected chi connectivity index (χ0v) is 19.0. The maximum atomic E-state index is 12.4. The van der Waals surface area contributed by atoms with E-state index in [4.69, 9.17) is 10.5 Å². The van der Waals surface area contributed by atoms with E-state index < -0.39 is 5.91 Å². The molecule has 2 atom stereocenters. The molecule has 34 heavy (non-hydrogen) atoms. The van der Waals surface area contributed by atoms with Crippen molar-refractivity contribution in [2.75, 3.05) is 32.6 Å². The predicted molar refractivity (Wildman–Crippen MR) is 127 cm³/mol. The van der Waals surface area contributed by atoms with Crippen LogP contribution in [0.15, 0.2) is 43.2 Å². The Morgan fingerprint density at radius 1 is 1.29 bits per heavy atom. The van der Waals surface area contributed by atoms with E-state index in [1.54, 1.807) is 36.1 Å². The highest BCUT2D eigenvalue weighted by molar-refractivity contribution is 6.00. The first kappa shape index (κ1) is 22.9. The number of carbonyl (C=O) groups excluding carboxylic acids is 2. The average Bonchev–Trinajstić information content (AvgIpc) is 3.43. The number of hydrogen-bond acceptors (Lipinski definition) is 7. The van der Waals surface area contributed by atoms with Crippen molar-refractivity contribution in [2.45, 2.75) is 18.5 Å². The van der Waals surface area contributed by atoms with Gasteiger partial charge in [-0.05, 0) is 36.6 Å². The highest BCUT2D eigenvalue weighted by Gasteiger charge is 2.37. The summed E-state index contributed by atoms with van der Waals surface area (Å²) in [6.45, 7) is 4.36. The van der Waals surface area contributed by atoms with E-state index in [-0.39, 0.29) is 29.2 Å². The summed E-state index contributed by atoms with van der Waals surface area (Å²) in [5, 5.41) is 7.65. The minimum absolute atomic E-state index is 0.139. The molecule has 1 saturated heterocycles. The Hall–Kier alpha value is -4.23. The zero-order valence-electron chi connectivity index (χ0n) is 19.0. The molecule has 1 aliphatic rings. The van der Waals surface area contributed by atoms with Crippen molar-refractivity contribution in [3.05, 3.63) is 60.1 Å². The summed E-state index contributed by atoms with van der Waals surface area (Å²) >= 11 is 0. The van der Waals surface area contributed by atoms with Crippen molar-refractivity contribution in [2.24, 2.45) is 5.73 Å². The van der Waals surface area contributed by atoms with Gasteiger partial charge in [0.1, 0.15) is 11.4 Å². The molecule has 3 heterocycles. The number of nitrogens with zero attached hydrogens (tertiary/aromatic N) is 5. The molecule has 0 radical (unpaired) electrons. The lowest BCUT2D eigenvalue weighted by Crippen LogP contribution is -2.37. The number of benzene rings is 1. The number of aromatic nitrogens is 4. The fourth-order valence-electron chi connectivity index (χ4n) is 4.24. The predicted octanol–water partition coefficient (Wildman–Crippen LogP) is 1.34. The molecular weight excluding hydrogens is 434 g/mol. The molecule has 1 fully saturated rings. The van der Waals surface area contributed by atoms with Gasteiger partial charge in [0.05, 0.1) is 29.7 Å². The number of ether oxygens (including phenoxy) is 1. The van der Waals surface area contributed by atoms with Gasteiger partial charge in [-0.3, -0.25) is 19.6 Å². The molecule has 0 unspecified atom stereocenters. The second kappa shape index (κ2) is 9.72. The molecule has 0 bridgehead atoms. The third kappa shape index (κ3) is 4.33. The quantitative estimate of drug-likeness (QED) is 0.420. The van der Waals surface area contributed by atoms with Crippen molar-refractivity contribution in [1.29, 1.82) is 0 Å². The van der Waals surface area contributed by atoms with Gasteiger partial charge in [-0.15, -0.1) is 0 Å². The molecule has 2 aromatic heterocycles. The van der Waals surface area contributed by atoms with Crippen LogP contribution in [0.2, 0.25) is 0 Å². The standard InChI is InChI=1S/C24H25N7O3/c1-4-21(32)30-13-16(12-17(30)14-34-3)31-24(26-2)22(23(25)33)19(29-31)8-6-15-5-7-18-20(11-15)28-10-9-27-18/h4-5,7,9-11,16-17,26H,1,12-14H2,2-3H3,(H2,25,33)/t16-,17+/m0/s1. The van der Waals surface area contributed by atoms with Crippen LogP contribution in [-0.2, 0) is 9.53 Å². The highest BCUT2D eigenvalue weighted by Crippen LogP contribution is 2.32. The van der Waals surface area contributed by atoms with E-state index in [1.807, 2.05) is 18.2 Å². The summed E-state index contributed by atoms with van der Waals surface area (Å²) < 4.78 is 6.99. The molecule has 4 rings (SSSR count). The first-order chi connectivity index (χ1) is 16.5. The fourth-order valence-corrected chi connectivity index (χ4v) is 4.24. The smallest absolute Gasteiger partial charge is 0.255 e. The van der Waals surface area contributed by atoms with Gasteiger partial charge in [-0.1, -0.05) is 12.5 Å². The van der Waals surface area contributed by atoms with Gasteiger partial charge in [-0.2, -0.15) is 5.10 Å². The Morgan fingerprint density at radius 2 is 2.06 bits per heavy atom. The number of nitrogens with two attached hydrogens (primary N) is 1. The number of amides is 2. The van der Waals surface area contributed by atoms with Gasteiger partial charge in [0.15, 0.2) is 5.69 Å². The molecule has 1 aromatic carbocycles. The topological polar surface area (TPSA) is 128 Å². The van der Waals surface area contributed by atoms with Gasteiger partial charge in [0.2, 0.25) is 5.91 Å². The van der Waals surface area contributed by atoms with Crippen LogP contribution in [0, 0.1) is 11.8 Å². The molecule has 10 heteroatoms. The first-order valence-corrected chi connectivity index (χ1v) is 10.7. The number of fused-ring (bicyclic) bond motifs is 1. The van der Waals surface area contributed by atoms with Crippen LogP contribution >= 0.6 is 0 Å². The number of rotatable bonds is 6. The Labute approximate surface area is 196 Å². The number of nitrogens with one attached hydrogen (secondary N) is 1. The molecule has 3 aromatic rings. The van der Waals surface area contributed by atoms with Gasteiger partial charge in [0.25, 0.3) is 5.91 Å². The molecule has 0 spiro atoms. The molecule has 0 aliphatic carbocycles. The summed E-state index contributed by atoms with van der Waals surface area (Å²) in [4.78, 5) is 35.0. The lowest BCUT2D eigenvalue weighted by atomic mass is 10.1. The number of primary amides is 1. The molecule has 2 amide bonds. The SMILES string of the molecule is C=CC(=O)N1C[C@@H](n2nc(C#Cc3ccc4nccnc4c3)c(C(N)=O)c2NC)C[C@@H]1COC. The van der Waals surface area contributed by atoms with E-state index >= 15 is 0 Å². The van der Waals surface area contributed by atoms with Gasteiger partial charge in [0, 0.05) is 38.7 Å². The zero-order chi connectivity index (χ0) is 24.2. The van der Waals surface area contributed by atoms with Crippen LogP contribution in [0.1, 0.15) is 34.1 Å². The van der Waals surface area contributed by atoms with Crippen LogP contribution in [0.25, 0.3) is 11.0 Å². The normalized spacial score (nSPS) is 17.3. The van der Waals surface area contributed by atoms with Gasteiger partial charge in [-0.25, -0.2) is 4.68 Å². The van der Waals surface area contributed by atoms with E-state index in [0.717, 1.165) is 5.52 Å². The Morgan fingerprint density at radius 3 is 2.74 bits per heavy atom. The van der Waals surface area contributed by atoms with E-state index in [2.05, 4.69) is 38.8 Å². The third-order valence-corrected chi connectivity index (χ3v) is 5.74. The molecule has 3 N–H and O–H groups in total. The van der Waals surface area contributed by atoms with Crippen LogP contribution in [0.5, 0.6) is 0 Å². The van der Waals surface area contributed by atoms with Gasteiger partial charge >= 0.3 is 0 Å².